The summed E-state index contributed by atoms with van der Waals surface area (Å²) in [5, 5.41) is 20.6. The van der Waals surface area contributed by atoms with Crippen LogP contribution in [0.2, 0.25) is 0 Å². The van der Waals surface area contributed by atoms with Gasteiger partial charge in [0.25, 0.3) is 0 Å². The van der Waals surface area contributed by atoms with Crippen LogP contribution in [0.5, 0.6) is 0 Å². The number of rotatable bonds is 3. The molecule has 0 saturated heterocycles. The number of hydrogen-bond acceptors (Lipinski definition) is 7. The molecule has 0 bridgehead atoms. The van der Waals surface area contributed by atoms with Crippen LogP contribution in [0.3, 0.4) is 0 Å². The molecular formula is C22H21BN2O6. The Hall–Kier alpha value is -3.69. The van der Waals surface area contributed by atoms with Crippen molar-refractivity contribution in [2.45, 2.75) is 6.92 Å². The highest BCUT2D eigenvalue weighted by Gasteiger charge is 2.13. The van der Waals surface area contributed by atoms with Crippen LogP contribution in [0.1, 0.15) is 26.5 Å². The molecule has 0 aliphatic carbocycles. The SMILES string of the molecule is COC(=O)c1cc2cc(C)ccc2[nH]1.COC(=O)c1cc2ccc(B(O)O)cc2cn1. The largest absolute Gasteiger partial charge is 0.488 e. The average Bonchev–Trinajstić information content (AvgIpc) is 3.20. The molecule has 8 nitrogen and oxygen atoms in total. The Morgan fingerprint density at radius 1 is 0.903 bits per heavy atom. The van der Waals surface area contributed by atoms with E-state index in [1.54, 1.807) is 30.3 Å². The molecule has 0 aliphatic heterocycles. The number of carbonyl (C=O) groups excluding carboxylic acids is 2. The number of pyridine rings is 1. The van der Waals surface area contributed by atoms with Gasteiger partial charge in [-0.2, -0.15) is 0 Å². The van der Waals surface area contributed by atoms with E-state index in [0.29, 0.717) is 11.2 Å². The molecule has 158 valence electrons. The summed E-state index contributed by atoms with van der Waals surface area (Å²) in [7, 11) is 1.15. The van der Waals surface area contributed by atoms with Gasteiger partial charge in [-0.25, -0.2) is 14.6 Å². The van der Waals surface area contributed by atoms with Gasteiger partial charge >= 0.3 is 19.1 Å². The number of nitrogens with one attached hydrogen (secondary N) is 1. The minimum atomic E-state index is -1.51. The first-order valence-electron chi connectivity index (χ1n) is 9.34. The maximum Gasteiger partial charge on any atom is 0.488 e. The van der Waals surface area contributed by atoms with E-state index in [-0.39, 0.29) is 11.7 Å². The Kier molecular flexibility index (Phi) is 6.69. The minimum absolute atomic E-state index is 0.220. The van der Waals surface area contributed by atoms with Gasteiger partial charge < -0.3 is 24.5 Å². The van der Waals surface area contributed by atoms with Gasteiger partial charge in [-0.05, 0) is 47.4 Å². The summed E-state index contributed by atoms with van der Waals surface area (Å²) in [6.07, 6.45) is 1.49. The molecule has 9 heteroatoms. The van der Waals surface area contributed by atoms with E-state index in [4.69, 9.17) is 10.0 Å². The first kappa shape index (κ1) is 22.0. The second kappa shape index (κ2) is 9.42. The third-order valence-corrected chi connectivity index (χ3v) is 4.62. The van der Waals surface area contributed by atoms with Crippen molar-refractivity contribution in [2.24, 2.45) is 0 Å². The fourth-order valence-corrected chi connectivity index (χ4v) is 3.01. The van der Waals surface area contributed by atoms with Crippen LogP contribution in [0.15, 0.2) is 54.7 Å². The van der Waals surface area contributed by atoms with E-state index in [9.17, 15) is 9.59 Å². The van der Waals surface area contributed by atoms with Crippen LogP contribution in [0.4, 0.5) is 0 Å². The molecule has 0 aliphatic rings. The summed E-state index contributed by atoms with van der Waals surface area (Å²) in [4.78, 5) is 29.4. The zero-order chi connectivity index (χ0) is 22.5. The Labute approximate surface area is 178 Å². The maximum absolute atomic E-state index is 11.3. The number of aromatic amines is 1. The second-order valence-corrected chi connectivity index (χ2v) is 6.81. The molecule has 0 saturated carbocycles. The zero-order valence-corrected chi connectivity index (χ0v) is 17.2. The molecule has 2 heterocycles. The number of H-pyrrole nitrogens is 1. The standard InChI is InChI=1S/C11H10BNO4.C11H11NO2/c1-17-11(14)10-5-7-2-3-9(12(15)16)4-8(7)6-13-10;1-7-3-4-9-8(5-7)6-10(12-9)11(13)14-2/h2-6,15-16H,1H3;3-6,12H,1-2H3. The Bertz CT molecular complexity index is 1250. The lowest BCUT2D eigenvalue weighted by Gasteiger charge is -2.04. The third kappa shape index (κ3) is 5.08. The van der Waals surface area contributed by atoms with E-state index >= 15 is 0 Å². The van der Waals surface area contributed by atoms with Crippen molar-refractivity contribution in [1.82, 2.24) is 9.97 Å². The molecular weight excluding hydrogens is 399 g/mol. The molecule has 0 spiro atoms. The minimum Gasteiger partial charge on any atom is -0.464 e. The van der Waals surface area contributed by atoms with Crippen LogP contribution < -0.4 is 5.46 Å². The first-order valence-corrected chi connectivity index (χ1v) is 9.34. The van der Waals surface area contributed by atoms with Crippen LogP contribution in [0, 0.1) is 6.92 Å². The molecule has 2 aromatic heterocycles. The van der Waals surface area contributed by atoms with E-state index in [0.717, 1.165) is 21.7 Å². The summed E-state index contributed by atoms with van der Waals surface area (Å²) in [5.41, 5.74) is 3.22. The summed E-state index contributed by atoms with van der Waals surface area (Å²) < 4.78 is 9.19. The quantitative estimate of drug-likeness (QED) is 0.342. The van der Waals surface area contributed by atoms with E-state index < -0.39 is 13.1 Å². The van der Waals surface area contributed by atoms with Gasteiger partial charge in [0.1, 0.15) is 11.4 Å². The van der Waals surface area contributed by atoms with Crippen molar-refractivity contribution in [3.8, 4) is 0 Å². The van der Waals surface area contributed by atoms with Crippen LogP contribution in [0.25, 0.3) is 21.7 Å². The number of aromatic nitrogens is 2. The third-order valence-electron chi connectivity index (χ3n) is 4.62. The summed E-state index contributed by atoms with van der Waals surface area (Å²) in [6.45, 7) is 2.02. The normalized spacial score (nSPS) is 10.4. The molecule has 31 heavy (non-hydrogen) atoms. The Balaban J connectivity index is 0.000000179. The number of benzene rings is 2. The number of ether oxygens (including phenoxy) is 2. The van der Waals surface area contributed by atoms with Gasteiger partial charge in [0, 0.05) is 17.1 Å². The molecule has 4 aromatic rings. The van der Waals surface area contributed by atoms with Crippen LogP contribution in [-0.4, -0.2) is 53.3 Å². The lowest BCUT2D eigenvalue weighted by Crippen LogP contribution is -2.29. The molecule has 0 unspecified atom stereocenters. The zero-order valence-electron chi connectivity index (χ0n) is 17.2. The number of nitrogens with zero attached hydrogens (tertiary/aromatic N) is 1. The van der Waals surface area contributed by atoms with Crippen molar-refractivity contribution >= 4 is 46.2 Å². The van der Waals surface area contributed by atoms with Crippen molar-refractivity contribution in [2.75, 3.05) is 14.2 Å². The summed E-state index contributed by atoms with van der Waals surface area (Å²) in [6, 6.07) is 14.2. The molecule has 2 aromatic carbocycles. The highest BCUT2D eigenvalue weighted by Crippen LogP contribution is 2.17. The van der Waals surface area contributed by atoms with Gasteiger partial charge in [0.05, 0.1) is 14.2 Å². The number of methoxy groups -OCH3 is 2. The molecule has 3 N–H and O–H groups in total. The number of fused-ring (bicyclic) bond motifs is 2. The molecule has 0 amide bonds. The fraction of sp³-hybridized carbons (Fsp3) is 0.136. The van der Waals surface area contributed by atoms with Gasteiger partial charge in [0.2, 0.25) is 0 Å². The molecule has 4 rings (SSSR count). The number of esters is 2. The Morgan fingerprint density at radius 3 is 2.32 bits per heavy atom. The van der Waals surface area contributed by atoms with Crippen molar-refractivity contribution < 1.29 is 29.1 Å². The molecule has 0 fully saturated rings. The van der Waals surface area contributed by atoms with Crippen molar-refractivity contribution in [1.29, 1.82) is 0 Å². The second-order valence-electron chi connectivity index (χ2n) is 6.81. The van der Waals surface area contributed by atoms with Crippen molar-refractivity contribution in [3.63, 3.8) is 0 Å². The smallest absolute Gasteiger partial charge is 0.464 e. The maximum atomic E-state index is 11.3. The predicted octanol–water partition coefficient (Wildman–Crippen LogP) is 1.96. The molecule has 0 atom stereocenters. The fourth-order valence-electron chi connectivity index (χ4n) is 3.01. The van der Waals surface area contributed by atoms with Gasteiger partial charge in [-0.3, -0.25) is 0 Å². The average molecular weight is 420 g/mol. The van der Waals surface area contributed by atoms with Crippen LogP contribution in [-0.2, 0) is 9.47 Å². The van der Waals surface area contributed by atoms with E-state index in [1.165, 1.54) is 26.0 Å². The lowest BCUT2D eigenvalue weighted by atomic mass is 9.79. The van der Waals surface area contributed by atoms with Crippen molar-refractivity contribution in [3.05, 3.63) is 71.7 Å². The highest BCUT2D eigenvalue weighted by molar-refractivity contribution is 6.58. The summed E-state index contributed by atoms with van der Waals surface area (Å²) in [5.74, 6) is -0.836. The number of hydrogen-bond donors (Lipinski definition) is 3. The highest BCUT2D eigenvalue weighted by atomic mass is 16.5. The van der Waals surface area contributed by atoms with Gasteiger partial charge in [-0.1, -0.05) is 29.8 Å². The molecule has 0 radical (unpaired) electrons. The van der Waals surface area contributed by atoms with E-state index in [2.05, 4.69) is 19.4 Å². The van der Waals surface area contributed by atoms with E-state index in [1.807, 2.05) is 25.1 Å². The lowest BCUT2D eigenvalue weighted by molar-refractivity contribution is 0.0586. The Morgan fingerprint density at radius 2 is 1.65 bits per heavy atom. The monoisotopic (exact) mass is 420 g/mol. The topological polar surface area (TPSA) is 122 Å². The van der Waals surface area contributed by atoms with Crippen LogP contribution >= 0.6 is 0 Å². The predicted molar refractivity (Wildman–Crippen MR) is 117 cm³/mol. The number of carbonyl (C=O) groups is 2. The van der Waals surface area contributed by atoms with Gasteiger partial charge in [0.15, 0.2) is 0 Å². The first-order chi connectivity index (χ1) is 14.8. The number of aryl methyl sites for hydroxylation is 1. The van der Waals surface area contributed by atoms with Gasteiger partial charge in [-0.15, -0.1) is 0 Å². The summed E-state index contributed by atoms with van der Waals surface area (Å²) >= 11 is 0.